The maximum Gasteiger partial charge on any atom is 0.414 e. The van der Waals surface area contributed by atoms with Gasteiger partial charge in [-0.2, -0.15) is 0 Å². The van der Waals surface area contributed by atoms with Crippen molar-refractivity contribution < 1.29 is 14.3 Å². The number of hydrogen-bond donors (Lipinski definition) is 2. The van der Waals surface area contributed by atoms with Gasteiger partial charge in [-0.05, 0) is 47.5 Å². The predicted molar refractivity (Wildman–Crippen MR) is 95.1 cm³/mol. The van der Waals surface area contributed by atoms with E-state index in [1.54, 1.807) is 25.7 Å². The summed E-state index contributed by atoms with van der Waals surface area (Å²) in [5, 5.41) is 5.29. The minimum atomic E-state index is -0.614. The second-order valence-electron chi connectivity index (χ2n) is 7.00. The van der Waals surface area contributed by atoms with Crippen molar-refractivity contribution in [1.82, 2.24) is 15.5 Å². The van der Waals surface area contributed by atoms with E-state index in [-0.39, 0.29) is 18.0 Å². The molecule has 1 saturated carbocycles. The molecule has 0 aromatic rings. The van der Waals surface area contributed by atoms with Crippen LogP contribution in [0.25, 0.3) is 0 Å². The Morgan fingerprint density at radius 1 is 1.08 bits per heavy atom. The van der Waals surface area contributed by atoms with Crippen molar-refractivity contribution in [3.63, 3.8) is 0 Å². The monoisotopic (exact) mass is 340 g/mol. The Morgan fingerprint density at radius 3 is 2.17 bits per heavy atom. The average molecular weight is 340 g/mol. The SMILES string of the molecule is CCN(CC)C(=O)NC(=NC1CCCCC1)NC(=O)OC(C)(C)C. The van der Waals surface area contributed by atoms with Crippen LogP contribution >= 0.6 is 0 Å². The third kappa shape index (κ3) is 7.66. The topological polar surface area (TPSA) is 83.0 Å². The fourth-order valence-electron chi connectivity index (χ4n) is 2.58. The van der Waals surface area contributed by atoms with Crippen LogP contribution in [-0.2, 0) is 4.74 Å². The van der Waals surface area contributed by atoms with Gasteiger partial charge in [0.05, 0.1) is 6.04 Å². The first kappa shape index (κ1) is 20.3. The smallest absolute Gasteiger partial charge is 0.414 e. The first-order chi connectivity index (χ1) is 11.2. The Bertz CT molecular complexity index is 447. The molecule has 7 heteroatoms. The van der Waals surface area contributed by atoms with E-state index in [1.807, 2.05) is 13.8 Å². The predicted octanol–water partition coefficient (Wildman–Crippen LogP) is 3.25. The molecule has 0 radical (unpaired) electrons. The Kier molecular flexibility index (Phi) is 8.01. The summed E-state index contributed by atoms with van der Waals surface area (Å²) in [4.78, 5) is 30.5. The van der Waals surface area contributed by atoms with Crippen molar-refractivity contribution in [1.29, 1.82) is 0 Å². The van der Waals surface area contributed by atoms with Gasteiger partial charge in [-0.15, -0.1) is 0 Å². The van der Waals surface area contributed by atoms with Gasteiger partial charge in [0.2, 0.25) is 5.96 Å². The zero-order valence-electron chi connectivity index (χ0n) is 15.6. The number of ether oxygens (including phenoxy) is 1. The lowest BCUT2D eigenvalue weighted by molar-refractivity contribution is 0.0561. The van der Waals surface area contributed by atoms with E-state index in [0.717, 1.165) is 25.7 Å². The second-order valence-corrected chi connectivity index (χ2v) is 7.00. The fraction of sp³-hybridized carbons (Fsp3) is 0.824. The minimum absolute atomic E-state index is 0.126. The number of nitrogens with zero attached hydrogens (tertiary/aromatic N) is 2. The summed E-state index contributed by atoms with van der Waals surface area (Å²) < 4.78 is 5.26. The van der Waals surface area contributed by atoms with Crippen LogP contribution in [0.3, 0.4) is 0 Å². The maximum atomic E-state index is 12.3. The van der Waals surface area contributed by atoms with E-state index in [2.05, 4.69) is 15.6 Å². The molecule has 138 valence electrons. The highest BCUT2D eigenvalue weighted by atomic mass is 16.6. The van der Waals surface area contributed by atoms with Crippen LogP contribution < -0.4 is 10.6 Å². The highest BCUT2D eigenvalue weighted by Crippen LogP contribution is 2.20. The van der Waals surface area contributed by atoms with Gasteiger partial charge >= 0.3 is 12.1 Å². The molecule has 0 heterocycles. The lowest BCUT2D eigenvalue weighted by Gasteiger charge is -2.24. The van der Waals surface area contributed by atoms with Crippen LogP contribution in [0.1, 0.15) is 66.7 Å². The quantitative estimate of drug-likeness (QED) is 0.611. The van der Waals surface area contributed by atoms with Gasteiger partial charge < -0.3 is 9.64 Å². The van der Waals surface area contributed by atoms with E-state index in [1.165, 1.54) is 6.42 Å². The van der Waals surface area contributed by atoms with Gasteiger partial charge in [-0.1, -0.05) is 19.3 Å². The van der Waals surface area contributed by atoms with Crippen molar-refractivity contribution in [2.75, 3.05) is 13.1 Å². The molecular formula is C17H32N4O3. The van der Waals surface area contributed by atoms with E-state index in [9.17, 15) is 9.59 Å². The number of guanidine groups is 1. The van der Waals surface area contributed by atoms with Crippen molar-refractivity contribution in [2.24, 2.45) is 4.99 Å². The number of alkyl carbamates (subject to hydrolysis) is 1. The number of hydrogen-bond acceptors (Lipinski definition) is 4. The summed E-state index contributed by atoms with van der Waals surface area (Å²) in [5.41, 5.74) is -0.608. The summed E-state index contributed by atoms with van der Waals surface area (Å²) in [7, 11) is 0. The van der Waals surface area contributed by atoms with Crippen molar-refractivity contribution >= 4 is 18.1 Å². The van der Waals surface area contributed by atoms with Gasteiger partial charge in [0.25, 0.3) is 0 Å². The molecule has 0 unspecified atom stereocenters. The number of nitrogens with one attached hydrogen (secondary N) is 2. The molecule has 7 nitrogen and oxygen atoms in total. The van der Waals surface area contributed by atoms with Crippen LogP contribution in [-0.4, -0.2) is 47.7 Å². The highest BCUT2D eigenvalue weighted by molar-refractivity contribution is 6.02. The lowest BCUT2D eigenvalue weighted by atomic mass is 9.96. The molecule has 0 atom stereocenters. The molecule has 1 fully saturated rings. The van der Waals surface area contributed by atoms with Gasteiger partial charge in [0.15, 0.2) is 0 Å². The van der Waals surface area contributed by atoms with Crippen LogP contribution in [0.2, 0.25) is 0 Å². The molecule has 0 aromatic carbocycles. The van der Waals surface area contributed by atoms with E-state index in [0.29, 0.717) is 13.1 Å². The van der Waals surface area contributed by atoms with Gasteiger partial charge in [0, 0.05) is 13.1 Å². The van der Waals surface area contributed by atoms with Crippen molar-refractivity contribution in [2.45, 2.75) is 78.4 Å². The number of aliphatic imine (C=N–C) groups is 1. The maximum absolute atomic E-state index is 12.3. The molecular weight excluding hydrogens is 308 g/mol. The molecule has 0 aromatic heterocycles. The summed E-state index contributed by atoms with van der Waals surface area (Å²) in [6.07, 6.45) is 4.79. The molecule has 1 rings (SSSR count). The Balaban J connectivity index is 2.80. The zero-order chi connectivity index (χ0) is 18.2. The molecule has 0 bridgehead atoms. The highest BCUT2D eigenvalue weighted by Gasteiger charge is 2.21. The molecule has 3 amide bonds. The fourth-order valence-corrected chi connectivity index (χ4v) is 2.58. The molecule has 0 spiro atoms. The normalized spacial score (nSPS) is 16.5. The first-order valence-corrected chi connectivity index (χ1v) is 8.89. The van der Waals surface area contributed by atoms with Crippen molar-refractivity contribution in [3.05, 3.63) is 0 Å². The number of carbonyl (C=O) groups excluding carboxylic acids is 2. The molecule has 2 N–H and O–H groups in total. The third-order valence-electron chi connectivity index (χ3n) is 3.78. The van der Waals surface area contributed by atoms with Crippen LogP contribution in [0.5, 0.6) is 0 Å². The molecule has 0 saturated heterocycles. The molecule has 24 heavy (non-hydrogen) atoms. The number of urea groups is 1. The number of carbonyl (C=O) groups is 2. The largest absolute Gasteiger partial charge is 0.444 e. The molecule has 0 aliphatic heterocycles. The Hall–Kier alpha value is -1.79. The van der Waals surface area contributed by atoms with Crippen LogP contribution in [0.4, 0.5) is 9.59 Å². The molecule has 1 aliphatic rings. The Labute approximate surface area is 145 Å². The van der Waals surface area contributed by atoms with Crippen LogP contribution in [0, 0.1) is 0 Å². The van der Waals surface area contributed by atoms with E-state index >= 15 is 0 Å². The van der Waals surface area contributed by atoms with Gasteiger partial charge in [0.1, 0.15) is 5.60 Å². The van der Waals surface area contributed by atoms with E-state index < -0.39 is 11.7 Å². The minimum Gasteiger partial charge on any atom is -0.444 e. The van der Waals surface area contributed by atoms with Crippen LogP contribution in [0.15, 0.2) is 4.99 Å². The lowest BCUT2D eigenvalue weighted by Crippen LogP contribution is -2.50. The second kappa shape index (κ2) is 9.49. The summed E-state index contributed by atoms with van der Waals surface area (Å²) in [6.45, 7) is 10.4. The van der Waals surface area contributed by atoms with Gasteiger partial charge in [-0.3, -0.25) is 10.6 Å². The number of rotatable bonds is 3. The standard InChI is InChI=1S/C17H32N4O3/c1-6-21(7-2)15(22)19-14(18-13-11-9-8-10-12-13)20-16(23)24-17(3,4)5/h13H,6-12H2,1-5H3,(H2,18,19,20,22,23). The average Bonchev–Trinajstić information content (AvgIpc) is 2.47. The molecule has 1 aliphatic carbocycles. The third-order valence-corrected chi connectivity index (χ3v) is 3.78. The Morgan fingerprint density at radius 2 is 1.67 bits per heavy atom. The number of amides is 3. The summed E-state index contributed by atoms with van der Waals surface area (Å²) in [5.74, 6) is 0.174. The van der Waals surface area contributed by atoms with Crippen molar-refractivity contribution in [3.8, 4) is 0 Å². The first-order valence-electron chi connectivity index (χ1n) is 8.89. The van der Waals surface area contributed by atoms with Gasteiger partial charge in [-0.25, -0.2) is 14.6 Å². The zero-order valence-corrected chi connectivity index (χ0v) is 15.6. The summed E-state index contributed by atoms with van der Waals surface area (Å²) >= 11 is 0. The van der Waals surface area contributed by atoms with E-state index in [4.69, 9.17) is 4.74 Å². The summed E-state index contributed by atoms with van der Waals surface area (Å²) in [6, 6.07) is -0.147.